The van der Waals surface area contributed by atoms with Crippen LogP contribution in [0.2, 0.25) is 0 Å². The molecule has 2 aliphatic rings. The van der Waals surface area contributed by atoms with Crippen LogP contribution >= 0.6 is 0 Å². The van der Waals surface area contributed by atoms with Gasteiger partial charge in [0.05, 0.1) is 12.4 Å². The monoisotopic (exact) mass is 328 g/mol. The Kier molecular flexibility index (Phi) is 3.68. The maximum absolute atomic E-state index is 12.1. The summed E-state index contributed by atoms with van der Waals surface area (Å²) in [5.74, 6) is 0.406. The summed E-state index contributed by atoms with van der Waals surface area (Å²) >= 11 is 0. The van der Waals surface area contributed by atoms with Crippen LogP contribution in [0.15, 0.2) is 24.8 Å². The first-order chi connectivity index (χ1) is 11.5. The number of aryl methyl sites for hydroxylation is 2. The highest BCUT2D eigenvalue weighted by atomic mass is 16.2. The fourth-order valence-electron chi connectivity index (χ4n) is 4.25. The number of amides is 1. The van der Waals surface area contributed by atoms with Crippen molar-refractivity contribution in [3.8, 4) is 0 Å². The molecule has 2 saturated heterocycles. The van der Waals surface area contributed by atoms with Crippen molar-refractivity contribution in [2.75, 3.05) is 13.1 Å². The molecule has 24 heavy (non-hydrogen) atoms. The van der Waals surface area contributed by atoms with Crippen LogP contribution in [0.3, 0.4) is 0 Å². The van der Waals surface area contributed by atoms with E-state index in [-0.39, 0.29) is 17.4 Å². The van der Waals surface area contributed by atoms with Crippen LogP contribution in [0.5, 0.6) is 0 Å². The lowest BCUT2D eigenvalue weighted by molar-refractivity contribution is -0.120. The number of carbonyl (C=O) groups is 1. The van der Waals surface area contributed by atoms with Crippen molar-refractivity contribution in [2.24, 2.45) is 14.1 Å². The van der Waals surface area contributed by atoms with Crippen LogP contribution in [0.25, 0.3) is 0 Å². The number of piperidine rings is 1. The first-order valence-corrected chi connectivity index (χ1v) is 8.53. The Morgan fingerprint density at radius 1 is 1.17 bits per heavy atom. The molecule has 1 spiro atoms. The van der Waals surface area contributed by atoms with E-state index in [1.54, 1.807) is 0 Å². The highest BCUT2D eigenvalue weighted by Gasteiger charge is 2.48. The van der Waals surface area contributed by atoms with Gasteiger partial charge in [-0.2, -0.15) is 10.2 Å². The predicted molar refractivity (Wildman–Crippen MR) is 89.2 cm³/mol. The number of hydrogen-bond acceptors (Lipinski definition) is 4. The summed E-state index contributed by atoms with van der Waals surface area (Å²) in [4.78, 5) is 14.6. The third-order valence-electron chi connectivity index (χ3n) is 5.48. The molecule has 0 bridgehead atoms. The third-order valence-corrected chi connectivity index (χ3v) is 5.48. The van der Waals surface area contributed by atoms with E-state index >= 15 is 0 Å². The molecule has 2 fully saturated rings. The Balaban J connectivity index is 1.47. The van der Waals surface area contributed by atoms with E-state index in [9.17, 15) is 4.79 Å². The minimum absolute atomic E-state index is 0.106. The minimum Gasteiger partial charge on any atom is -0.350 e. The maximum Gasteiger partial charge on any atom is 0.221 e. The topological polar surface area (TPSA) is 68.0 Å². The second-order valence-electron chi connectivity index (χ2n) is 7.21. The quantitative estimate of drug-likeness (QED) is 0.905. The molecule has 1 amide bonds. The number of hydrogen-bond donors (Lipinski definition) is 1. The molecule has 0 aliphatic carbocycles. The number of carbonyl (C=O) groups excluding carboxylic acids is 1. The van der Waals surface area contributed by atoms with Crippen molar-refractivity contribution < 1.29 is 4.79 Å². The molecule has 4 rings (SSSR count). The molecule has 0 unspecified atom stereocenters. The van der Waals surface area contributed by atoms with Crippen LogP contribution < -0.4 is 5.32 Å². The molecule has 1 atom stereocenters. The molecule has 0 saturated carbocycles. The van der Waals surface area contributed by atoms with Crippen molar-refractivity contribution in [3.63, 3.8) is 0 Å². The maximum atomic E-state index is 12.1. The zero-order valence-electron chi connectivity index (χ0n) is 14.3. The first kappa shape index (κ1) is 15.4. The zero-order chi connectivity index (χ0) is 16.7. The van der Waals surface area contributed by atoms with Crippen molar-refractivity contribution in [2.45, 2.75) is 37.3 Å². The molecule has 2 aromatic heterocycles. The van der Waals surface area contributed by atoms with E-state index in [1.807, 2.05) is 35.9 Å². The van der Waals surface area contributed by atoms with Gasteiger partial charge in [-0.05, 0) is 18.4 Å². The number of likely N-dealkylation sites (tertiary alicyclic amines) is 1. The lowest BCUT2D eigenvalue weighted by Crippen LogP contribution is -2.53. The van der Waals surface area contributed by atoms with Crippen LogP contribution in [-0.4, -0.2) is 49.0 Å². The molecular formula is C17H24N6O. The Morgan fingerprint density at radius 3 is 2.50 bits per heavy atom. The summed E-state index contributed by atoms with van der Waals surface area (Å²) in [6.45, 7) is 2.91. The van der Waals surface area contributed by atoms with Gasteiger partial charge in [0.25, 0.3) is 0 Å². The third kappa shape index (κ3) is 2.73. The molecule has 4 heterocycles. The SMILES string of the molecule is Cn1cc(CN2CCC3(CC2)NC(=O)C[C@H]3c2cnn(C)c2)cn1. The number of aromatic nitrogens is 4. The fourth-order valence-corrected chi connectivity index (χ4v) is 4.25. The summed E-state index contributed by atoms with van der Waals surface area (Å²) in [5, 5.41) is 11.8. The van der Waals surface area contributed by atoms with E-state index in [0.717, 1.165) is 32.5 Å². The van der Waals surface area contributed by atoms with Gasteiger partial charge in [-0.15, -0.1) is 0 Å². The van der Waals surface area contributed by atoms with Crippen molar-refractivity contribution in [1.29, 1.82) is 0 Å². The Bertz CT molecular complexity index is 740. The number of nitrogens with one attached hydrogen (secondary N) is 1. The average molecular weight is 328 g/mol. The zero-order valence-corrected chi connectivity index (χ0v) is 14.3. The van der Waals surface area contributed by atoms with E-state index in [0.29, 0.717) is 6.42 Å². The first-order valence-electron chi connectivity index (χ1n) is 8.53. The van der Waals surface area contributed by atoms with Crippen LogP contribution in [0.4, 0.5) is 0 Å². The molecule has 2 aliphatic heterocycles. The van der Waals surface area contributed by atoms with Crippen molar-refractivity contribution in [3.05, 3.63) is 35.9 Å². The highest BCUT2D eigenvalue weighted by Crippen LogP contribution is 2.43. The Labute approximate surface area is 141 Å². The number of rotatable bonds is 3. The van der Waals surface area contributed by atoms with E-state index in [2.05, 4.69) is 32.8 Å². The average Bonchev–Trinajstić information content (AvgIpc) is 3.22. The van der Waals surface area contributed by atoms with Gasteiger partial charge in [0.15, 0.2) is 0 Å². The summed E-state index contributed by atoms with van der Waals surface area (Å²) in [5.41, 5.74) is 2.32. The van der Waals surface area contributed by atoms with Gasteiger partial charge in [-0.25, -0.2) is 0 Å². The Morgan fingerprint density at radius 2 is 1.88 bits per heavy atom. The molecule has 1 N–H and O–H groups in total. The smallest absolute Gasteiger partial charge is 0.221 e. The molecule has 7 heteroatoms. The fraction of sp³-hybridized carbons (Fsp3) is 0.588. The van der Waals surface area contributed by atoms with Crippen molar-refractivity contribution in [1.82, 2.24) is 29.8 Å². The normalized spacial score (nSPS) is 23.8. The number of nitrogens with zero attached hydrogens (tertiary/aromatic N) is 5. The lowest BCUT2D eigenvalue weighted by atomic mass is 9.75. The summed E-state index contributed by atoms with van der Waals surface area (Å²) in [7, 11) is 3.87. The summed E-state index contributed by atoms with van der Waals surface area (Å²) < 4.78 is 3.67. The molecular weight excluding hydrogens is 304 g/mol. The van der Waals surface area contributed by atoms with Gasteiger partial charge < -0.3 is 5.32 Å². The molecule has 0 aromatic carbocycles. The van der Waals surface area contributed by atoms with Gasteiger partial charge >= 0.3 is 0 Å². The van der Waals surface area contributed by atoms with Gasteiger partial charge in [0.1, 0.15) is 0 Å². The minimum atomic E-state index is -0.106. The second-order valence-corrected chi connectivity index (χ2v) is 7.21. The van der Waals surface area contributed by atoms with Crippen LogP contribution in [0.1, 0.15) is 36.3 Å². The molecule has 2 aromatic rings. The van der Waals surface area contributed by atoms with E-state index in [1.165, 1.54) is 11.1 Å². The highest BCUT2D eigenvalue weighted by molar-refractivity contribution is 5.81. The van der Waals surface area contributed by atoms with Gasteiger partial charge in [0, 0.05) is 69.6 Å². The van der Waals surface area contributed by atoms with Crippen LogP contribution in [-0.2, 0) is 25.4 Å². The van der Waals surface area contributed by atoms with Gasteiger partial charge in [-0.1, -0.05) is 0 Å². The lowest BCUT2D eigenvalue weighted by Gasteiger charge is -2.42. The van der Waals surface area contributed by atoms with Gasteiger partial charge in [0.2, 0.25) is 5.91 Å². The summed E-state index contributed by atoms with van der Waals surface area (Å²) in [6.07, 6.45) is 10.5. The van der Waals surface area contributed by atoms with E-state index < -0.39 is 0 Å². The molecule has 7 nitrogen and oxygen atoms in total. The standard InChI is InChI=1S/C17H24N6O/c1-21-10-13(8-18-21)11-23-5-3-17(4-6-23)15(7-16(24)20-17)14-9-19-22(2)12-14/h8-10,12,15H,3-7,11H2,1-2H3,(H,20,24)/t15-/m0/s1. The second kappa shape index (κ2) is 5.73. The Hall–Kier alpha value is -2.15. The largest absolute Gasteiger partial charge is 0.350 e. The molecule has 128 valence electrons. The van der Waals surface area contributed by atoms with Gasteiger partial charge in [-0.3, -0.25) is 19.1 Å². The summed E-state index contributed by atoms with van der Waals surface area (Å²) in [6, 6.07) is 0. The molecule has 0 radical (unpaired) electrons. The van der Waals surface area contributed by atoms with E-state index in [4.69, 9.17) is 0 Å². The predicted octanol–water partition coefficient (Wildman–Crippen LogP) is 0.792. The van der Waals surface area contributed by atoms with Crippen LogP contribution in [0, 0.1) is 0 Å². The van der Waals surface area contributed by atoms with Crippen molar-refractivity contribution >= 4 is 5.91 Å².